The topological polar surface area (TPSA) is 55.1 Å². The molecule has 1 amide bonds. The van der Waals surface area contributed by atoms with E-state index in [1.54, 1.807) is 13.8 Å². The van der Waals surface area contributed by atoms with E-state index in [1.165, 1.54) is 5.56 Å². The fourth-order valence-electron chi connectivity index (χ4n) is 2.33. The highest BCUT2D eigenvalue weighted by Gasteiger charge is 2.19. The van der Waals surface area contributed by atoms with Crippen LogP contribution in [0.3, 0.4) is 0 Å². The van der Waals surface area contributed by atoms with Crippen molar-refractivity contribution in [3.63, 3.8) is 0 Å². The molecule has 1 heterocycles. The minimum absolute atomic E-state index is 0.0626. The van der Waals surface area contributed by atoms with Crippen LogP contribution in [-0.4, -0.2) is 11.1 Å². The number of carbonyl (C=O) groups excluding carboxylic acids is 1. The molecule has 0 fully saturated rings. The standard InChI is InChI=1S/C17H22N2O2/c1-10(2)14-6-8-15(9-7-14)11(3)18-17(20)16-12(4)19-21-13(16)5/h6-11H,1-5H3,(H,18,20). The molecule has 0 aliphatic heterocycles. The van der Waals surface area contributed by atoms with Crippen molar-refractivity contribution in [1.82, 2.24) is 10.5 Å². The van der Waals surface area contributed by atoms with Crippen molar-refractivity contribution < 1.29 is 9.32 Å². The second kappa shape index (κ2) is 6.12. The second-order valence-electron chi connectivity index (χ2n) is 5.72. The summed E-state index contributed by atoms with van der Waals surface area (Å²) in [5, 5.41) is 6.80. The molecule has 1 N–H and O–H groups in total. The van der Waals surface area contributed by atoms with Gasteiger partial charge in [0.1, 0.15) is 11.3 Å². The highest BCUT2D eigenvalue weighted by molar-refractivity contribution is 5.96. The third-order valence-electron chi connectivity index (χ3n) is 3.71. The molecule has 1 aromatic heterocycles. The maximum atomic E-state index is 12.3. The molecule has 2 aromatic rings. The molecule has 0 aliphatic carbocycles. The normalized spacial score (nSPS) is 12.5. The van der Waals surface area contributed by atoms with E-state index in [9.17, 15) is 4.79 Å². The number of hydrogen-bond donors (Lipinski definition) is 1. The van der Waals surface area contributed by atoms with E-state index < -0.39 is 0 Å². The number of nitrogens with zero attached hydrogens (tertiary/aromatic N) is 1. The van der Waals surface area contributed by atoms with Crippen molar-refractivity contribution in [2.75, 3.05) is 0 Å². The van der Waals surface area contributed by atoms with E-state index in [2.05, 4.69) is 48.6 Å². The lowest BCUT2D eigenvalue weighted by Gasteiger charge is -2.15. The van der Waals surface area contributed by atoms with Crippen LogP contribution in [0.15, 0.2) is 28.8 Å². The maximum absolute atomic E-state index is 12.3. The molecule has 4 nitrogen and oxygen atoms in total. The first-order valence-corrected chi connectivity index (χ1v) is 7.23. The lowest BCUT2D eigenvalue weighted by Crippen LogP contribution is -2.27. The molecule has 0 saturated heterocycles. The molecule has 1 atom stereocenters. The van der Waals surface area contributed by atoms with Crippen LogP contribution < -0.4 is 5.32 Å². The molecule has 4 heteroatoms. The van der Waals surface area contributed by atoms with Gasteiger partial charge in [0.25, 0.3) is 5.91 Å². The fraction of sp³-hybridized carbons (Fsp3) is 0.412. The summed E-state index contributed by atoms with van der Waals surface area (Å²) in [4.78, 5) is 12.3. The molecular weight excluding hydrogens is 264 g/mol. The lowest BCUT2D eigenvalue weighted by atomic mass is 9.99. The van der Waals surface area contributed by atoms with Crippen LogP contribution >= 0.6 is 0 Å². The first-order valence-electron chi connectivity index (χ1n) is 7.23. The highest BCUT2D eigenvalue weighted by Crippen LogP contribution is 2.20. The Kier molecular flexibility index (Phi) is 4.46. The van der Waals surface area contributed by atoms with Crippen LogP contribution in [0.1, 0.15) is 65.7 Å². The molecule has 112 valence electrons. The van der Waals surface area contributed by atoms with Gasteiger partial charge in [0.2, 0.25) is 0 Å². The summed E-state index contributed by atoms with van der Waals surface area (Å²) in [5.41, 5.74) is 3.52. The van der Waals surface area contributed by atoms with E-state index in [-0.39, 0.29) is 11.9 Å². The third kappa shape index (κ3) is 3.32. The van der Waals surface area contributed by atoms with Crippen molar-refractivity contribution in [2.45, 2.75) is 46.6 Å². The van der Waals surface area contributed by atoms with Gasteiger partial charge in [0.15, 0.2) is 0 Å². The molecule has 1 aromatic carbocycles. The Hall–Kier alpha value is -2.10. The Morgan fingerprint density at radius 3 is 2.14 bits per heavy atom. The van der Waals surface area contributed by atoms with Gasteiger partial charge < -0.3 is 9.84 Å². The van der Waals surface area contributed by atoms with Crippen LogP contribution in [0.5, 0.6) is 0 Å². The number of benzene rings is 1. The average molecular weight is 286 g/mol. The van der Waals surface area contributed by atoms with Crippen molar-refractivity contribution in [3.8, 4) is 0 Å². The molecule has 0 aliphatic rings. The van der Waals surface area contributed by atoms with Crippen LogP contribution in [-0.2, 0) is 0 Å². The number of carbonyl (C=O) groups is 1. The monoisotopic (exact) mass is 286 g/mol. The summed E-state index contributed by atoms with van der Waals surface area (Å²) < 4.78 is 5.03. The van der Waals surface area contributed by atoms with E-state index in [0.717, 1.165) is 5.56 Å². The Balaban J connectivity index is 2.11. The summed E-state index contributed by atoms with van der Waals surface area (Å²) in [6.45, 7) is 9.82. The largest absolute Gasteiger partial charge is 0.361 e. The van der Waals surface area contributed by atoms with E-state index in [4.69, 9.17) is 4.52 Å². The number of rotatable bonds is 4. The zero-order valence-corrected chi connectivity index (χ0v) is 13.2. The zero-order chi connectivity index (χ0) is 15.6. The Morgan fingerprint density at radius 1 is 1.10 bits per heavy atom. The number of hydrogen-bond acceptors (Lipinski definition) is 3. The van der Waals surface area contributed by atoms with E-state index in [1.807, 2.05) is 6.92 Å². The predicted octanol–water partition coefficient (Wildman–Crippen LogP) is 3.91. The predicted molar refractivity (Wildman–Crippen MR) is 82.4 cm³/mol. The molecular formula is C17H22N2O2. The van der Waals surface area contributed by atoms with Gasteiger partial charge in [-0.2, -0.15) is 0 Å². The first-order chi connectivity index (χ1) is 9.90. The van der Waals surface area contributed by atoms with Gasteiger partial charge >= 0.3 is 0 Å². The molecule has 0 spiro atoms. The van der Waals surface area contributed by atoms with Crippen molar-refractivity contribution in [2.24, 2.45) is 0 Å². The quantitative estimate of drug-likeness (QED) is 0.927. The number of nitrogens with one attached hydrogen (secondary N) is 1. The smallest absolute Gasteiger partial charge is 0.257 e. The molecule has 2 rings (SSSR count). The zero-order valence-electron chi connectivity index (χ0n) is 13.2. The fourth-order valence-corrected chi connectivity index (χ4v) is 2.33. The van der Waals surface area contributed by atoms with Gasteiger partial charge in [-0.05, 0) is 37.8 Å². The Bertz CT molecular complexity index is 607. The van der Waals surface area contributed by atoms with Gasteiger partial charge in [-0.15, -0.1) is 0 Å². The minimum atomic E-state index is -0.147. The van der Waals surface area contributed by atoms with Gasteiger partial charge in [-0.3, -0.25) is 4.79 Å². The summed E-state index contributed by atoms with van der Waals surface area (Å²) in [6, 6.07) is 8.28. The molecule has 0 radical (unpaired) electrons. The number of amides is 1. The molecule has 1 unspecified atom stereocenters. The van der Waals surface area contributed by atoms with Gasteiger partial charge in [-0.25, -0.2) is 0 Å². The van der Waals surface area contributed by atoms with Crippen LogP contribution in [0, 0.1) is 13.8 Å². The average Bonchev–Trinajstić information content (AvgIpc) is 2.78. The SMILES string of the molecule is Cc1noc(C)c1C(=O)NC(C)c1ccc(C(C)C)cc1. The van der Waals surface area contributed by atoms with E-state index in [0.29, 0.717) is 22.9 Å². The maximum Gasteiger partial charge on any atom is 0.257 e. The van der Waals surface area contributed by atoms with Gasteiger partial charge in [0.05, 0.1) is 11.7 Å². The van der Waals surface area contributed by atoms with Crippen LogP contribution in [0.2, 0.25) is 0 Å². The van der Waals surface area contributed by atoms with Gasteiger partial charge in [-0.1, -0.05) is 43.3 Å². The summed E-state index contributed by atoms with van der Waals surface area (Å²) >= 11 is 0. The third-order valence-corrected chi connectivity index (χ3v) is 3.71. The Labute approximate surface area is 125 Å². The second-order valence-corrected chi connectivity index (χ2v) is 5.72. The van der Waals surface area contributed by atoms with Crippen molar-refractivity contribution >= 4 is 5.91 Å². The first kappa shape index (κ1) is 15.3. The number of aryl methyl sites for hydroxylation is 2. The Morgan fingerprint density at radius 2 is 1.67 bits per heavy atom. The van der Waals surface area contributed by atoms with Gasteiger partial charge in [0, 0.05) is 0 Å². The molecule has 0 saturated carbocycles. The summed E-state index contributed by atoms with van der Waals surface area (Å²) in [6.07, 6.45) is 0. The highest BCUT2D eigenvalue weighted by atomic mass is 16.5. The summed E-state index contributed by atoms with van der Waals surface area (Å²) in [7, 11) is 0. The van der Waals surface area contributed by atoms with Crippen molar-refractivity contribution in [1.29, 1.82) is 0 Å². The molecule has 21 heavy (non-hydrogen) atoms. The lowest BCUT2D eigenvalue weighted by molar-refractivity contribution is 0.0938. The van der Waals surface area contributed by atoms with Crippen LogP contribution in [0.25, 0.3) is 0 Å². The van der Waals surface area contributed by atoms with Crippen LogP contribution in [0.4, 0.5) is 0 Å². The number of aromatic nitrogens is 1. The minimum Gasteiger partial charge on any atom is -0.361 e. The summed E-state index contributed by atoms with van der Waals surface area (Å²) in [5.74, 6) is 0.908. The van der Waals surface area contributed by atoms with Crippen molar-refractivity contribution in [3.05, 3.63) is 52.4 Å². The van der Waals surface area contributed by atoms with E-state index >= 15 is 0 Å². The molecule has 0 bridgehead atoms.